The summed E-state index contributed by atoms with van der Waals surface area (Å²) in [5.74, 6) is 0. The molecule has 13 rings (SSSR count). The highest BCUT2D eigenvalue weighted by molar-refractivity contribution is 6.33. The van der Waals surface area contributed by atoms with E-state index < -0.39 is 0 Å². The van der Waals surface area contributed by atoms with Crippen molar-refractivity contribution in [1.82, 2.24) is 19.1 Å². The maximum atomic E-state index is 11.8. The number of para-hydroxylation sites is 2. The molecule has 0 saturated heterocycles. The van der Waals surface area contributed by atoms with E-state index in [0.29, 0.717) is 28.2 Å². The number of hydrogen-bond donors (Lipinski definition) is 0. The Kier molecular flexibility index (Phi) is 6.73. The van der Waals surface area contributed by atoms with E-state index in [1.807, 2.05) is 109 Å². The molecule has 7 heteroatoms. The van der Waals surface area contributed by atoms with Gasteiger partial charge in [0, 0.05) is 66.6 Å². The van der Waals surface area contributed by atoms with Crippen molar-refractivity contribution in [2.75, 3.05) is 0 Å². The molecule has 5 aromatic heterocycles. The van der Waals surface area contributed by atoms with Gasteiger partial charge in [-0.05, 0) is 41.5 Å². The molecule has 0 N–H and O–H groups in total. The van der Waals surface area contributed by atoms with Gasteiger partial charge < -0.3 is 13.6 Å². The van der Waals surface area contributed by atoms with Gasteiger partial charge in [-0.3, -0.25) is 9.97 Å². The van der Waals surface area contributed by atoms with Crippen molar-refractivity contribution >= 4 is 93.0 Å². The van der Waals surface area contributed by atoms with Crippen LogP contribution in [0.5, 0.6) is 0 Å². The normalized spacial score (nSPS) is 11.9. The van der Waals surface area contributed by atoms with Crippen LogP contribution in [0.4, 0.5) is 5.69 Å². The summed E-state index contributed by atoms with van der Waals surface area (Å²) in [5, 5.41) is 19.7. The topological polar surface area (TPSA) is 76.9 Å². The van der Waals surface area contributed by atoms with Crippen LogP contribution in [0.25, 0.3) is 126 Å². The highest BCUT2D eigenvalue weighted by Crippen LogP contribution is 2.53. The molecular formula is C54H28N6O. The second-order valence-electron chi connectivity index (χ2n) is 15.4. The van der Waals surface area contributed by atoms with Crippen molar-refractivity contribution in [3.05, 3.63) is 187 Å². The van der Waals surface area contributed by atoms with E-state index in [0.717, 1.165) is 104 Å². The molecule has 5 heterocycles. The smallest absolute Gasteiger partial charge is 0.220 e. The number of nitriles is 1. The van der Waals surface area contributed by atoms with Crippen LogP contribution in [-0.2, 0) is 0 Å². The lowest BCUT2D eigenvalue weighted by molar-refractivity contribution is 0.671. The van der Waals surface area contributed by atoms with Gasteiger partial charge in [-0.2, -0.15) is 5.26 Å². The number of pyridine rings is 2. The summed E-state index contributed by atoms with van der Waals surface area (Å²) in [6.07, 6.45) is 3.71. The molecule has 0 saturated carbocycles. The summed E-state index contributed by atoms with van der Waals surface area (Å²) in [6, 6.07) is 55.9. The Morgan fingerprint density at radius 1 is 0.508 bits per heavy atom. The SMILES string of the molecule is [C-]#[N+]c1c(-c2ccccc2)c(C#N)c(-n2c3ccccc3c3ccc4c5ccccc5oc4c32)c(-c2ccccc2)c1-n1c2ccnc3c4ccccc4c4nccc1c4c32. The first kappa shape index (κ1) is 33.2. The fourth-order valence-electron chi connectivity index (χ4n) is 10.0. The van der Waals surface area contributed by atoms with Crippen LogP contribution in [-0.4, -0.2) is 19.1 Å². The van der Waals surface area contributed by atoms with Gasteiger partial charge in [0.2, 0.25) is 5.69 Å². The second-order valence-corrected chi connectivity index (χ2v) is 15.4. The minimum Gasteiger partial charge on any atom is -0.454 e. The molecule has 0 aliphatic carbocycles. The molecule has 0 fully saturated rings. The minimum absolute atomic E-state index is 0.368. The molecule has 0 aliphatic heterocycles. The van der Waals surface area contributed by atoms with Crippen molar-refractivity contribution in [2.24, 2.45) is 0 Å². The first-order valence-corrected chi connectivity index (χ1v) is 20.1. The summed E-state index contributed by atoms with van der Waals surface area (Å²) in [5.41, 5.74) is 11.8. The van der Waals surface area contributed by atoms with Gasteiger partial charge in [0.15, 0.2) is 5.58 Å². The molecule has 0 atom stereocenters. The van der Waals surface area contributed by atoms with E-state index in [-0.39, 0.29) is 0 Å². The van der Waals surface area contributed by atoms with Crippen LogP contribution in [0.2, 0.25) is 0 Å². The third kappa shape index (κ3) is 4.33. The summed E-state index contributed by atoms with van der Waals surface area (Å²) in [7, 11) is 0. The molecule has 8 aromatic carbocycles. The average molecular weight is 777 g/mol. The third-order valence-electron chi connectivity index (χ3n) is 12.4. The Hall–Kier alpha value is -8.78. The summed E-state index contributed by atoms with van der Waals surface area (Å²) < 4.78 is 11.3. The molecule has 0 amide bonds. The van der Waals surface area contributed by atoms with Crippen LogP contribution in [0.15, 0.2) is 175 Å². The molecule has 0 aliphatic rings. The highest BCUT2D eigenvalue weighted by atomic mass is 16.3. The summed E-state index contributed by atoms with van der Waals surface area (Å²) in [4.78, 5) is 14.5. The second kappa shape index (κ2) is 12.4. The first-order valence-electron chi connectivity index (χ1n) is 20.1. The Labute approximate surface area is 347 Å². The zero-order valence-corrected chi connectivity index (χ0v) is 32.3. The van der Waals surface area contributed by atoms with E-state index in [1.54, 1.807) is 0 Å². The van der Waals surface area contributed by atoms with E-state index >= 15 is 0 Å². The molecule has 7 nitrogen and oxygen atoms in total. The van der Waals surface area contributed by atoms with Gasteiger partial charge in [0.05, 0.1) is 56.6 Å². The Bertz CT molecular complexity index is 3980. The van der Waals surface area contributed by atoms with Crippen molar-refractivity contribution in [2.45, 2.75) is 0 Å². The van der Waals surface area contributed by atoms with Crippen LogP contribution < -0.4 is 0 Å². The van der Waals surface area contributed by atoms with Crippen LogP contribution in [0, 0.1) is 17.9 Å². The molecule has 280 valence electrons. The van der Waals surface area contributed by atoms with Crippen LogP contribution in [0.1, 0.15) is 5.56 Å². The lowest BCUT2D eigenvalue weighted by Crippen LogP contribution is -2.09. The number of rotatable bonds is 4. The number of aromatic nitrogens is 4. The molecular weight excluding hydrogens is 749 g/mol. The van der Waals surface area contributed by atoms with Crippen molar-refractivity contribution in [3.63, 3.8) is 0 Å². The van der Waals surface area contributed by atoms with Gasteiger partial charge >= 0.3 is 0 Å². The predicted molar refractivity (Wildman–Crippen MR) is 246 cm³/mol. The standard InChI is InChI=1S/C54H28N6O/c1-56-50-44(31-14-4-2-5-15-31)39(30-55)51(60-40-22-12-10-18-33(40)37-24-25-38-34-19-11-13-23-43(34)61-54(38)52(37)60)45(32-16-6-3-7-17-32)53(50)59-41-26-28-57-48-35-20-8-9-21-36(35)49-47(46(41)48)42(59)27-29-58-49/h2-29H. The number of benzene rings is 8. The molecule has 0 radical (unpaired) electrons. The monoisotopic (exact) mass is 776 g/mol. The zero-order valence-electron chi connectivity index (χ0n) is 32.3. The lowest BCUT2D eigenvalue weighted by atomic mass is 9.88. The molecule has 0 bridgehead atoms. The fourth-order valence-corrected chi connectivity index (χ4v) is 10.0. The first-order chi connectivity index (χ1) is 30.2. The Morgan fingerprint density at radius 3 is 1.70 bits per heavy atom. The number of hydrogen-bond acceptors (Lipinski definition) is 4. The van der Waals surface area contributed by atoms with E-state index in [9.17, 15) is 5.26 Å². The maximum absolute atomic E-state index is 11.8. The summed E-state index contributed by atoms with van der Waals surface area (Å²) in [6.45, 7) is 9.16. The highest BCUT2D eigenvalue weighted by Gasteiger charge is 2.33. The van der Waals surface area contributed by atoms with E-state index in [2.05, 4.69) is 80.7 Å². The van der Waals surface area contributed by atoms with E-state index in [1.165, 1.54) is 0 Å². The fraction of sp³-hybridized carbons (Fsp3) is 0. The van der Waals surface area contributed by atoms with Gasteiger partial charge in [0.1, 0.15) is 11.7 Å². The van der Waals surface area contributed by atoms with Crippen molar-refractivity contribution in [1.29, 1.82) is 5.26 Å². The maximum Gasteiger partial charge on any atom is 0.220 e. The van der Waals surface area contributed by atoms with Crippen LogP contribution >= 0.6 is 0 Å². The van der Waals surface area contributed by atoms with Gasteiger partial charge in [-0.25, -0.2) is 4.85 Å². The van der Waals surface area contributed by atoms with Crippen LogP contribution in [0.3, 0.4) is 0 Å². The van der Waals surface area contributed by atoms with Gasteiger partial charge in [0.25, 0.3) is 0 Å². The van der Waals surface area contributed by atoms with E-state index in [4.69, 9.17) is 21.0 Å². The Morgan fingerprint density at radius 2 is 1.07 bits per heavy atom. The average Bonchev–Trinajstić information content (AvgIpc) is 3.99. The zero-order chi connectivity index (χ0) is 40.3. The number of nitrogens with zero attached hydrogens (tertiary/aromatic N) is 6. The molecule has 13 aromatic rings. The third-order valence-corrected chi connectivity index (χ3v) is 12.4. The number of furan rings is 1. The largest absolute Gasteiger partial charge is 0.454 e. The Balaban J connectivity index is 1.34. The van der Waals surface area contributed by atoms with Gasteiger partial charge in [-0.15, -0.1) is 0 Å². The summed E-state index contributed by atoms with van der Waals surface area (Å²) >= 11 is 0. The van der Waals surface area contributed by atoms with Gasteiger partial charge in [-0.1, -0.05) is 127 Å². The van der Waals surface area contributed by atoms with Crippen molar-refractivity contribution in [3.8, 4) is 39.7 Å². The minimum atomic E-state index is 0.368. The predicted octanol–water partition coefficient (Wildman–Crippen LogP) is 14.1. The molecule has 61 heavy (non-hydrogen) atoms. The quantitative estimate of drug-likeness (QED) is 0.132. The molecule has 0 spiro atoms. The molecule has 0 unspecified atom stereocenters. The van der Waals surface area contributed by atoms with Crippen molar-refractivity contribution < 1.29 is 4.42 Å². The lowest BCUT2D eigenvalue weighted by Gasteiger charge is -2.25. The number of fused-ring (bicyclic) bond motifs is 10.